The molecule has 1 rings (SSSR count). The van der Waals surface area contributed by atoms with Gasteiger partial charge in [0.15, 0.2) is 6.61 Å². The standard InChI is InChI=1S/C14H19ClN2O3/c1-9(2)17-13(18)7-16-14(19)8-20-12-5-4-11(15)6-10(12)3/h4-6,9H,7-8H2,1-3H3,(H,16,19)(H,17,18). The van der Waals surface area contributed by atoms with E-state index in [9.17, 15) is 9.59 Å². The highest BCUT2D eigenvalue weighted by Crippen LogP contribution is 2.21. The molecule has 0 atom stereocenters. The first-order chi connectivity index (χ1) is 9.38. The number of aryl methyl sites for hydroxylation is 1. The third-order valence-electron chi connectivity index (χ3n) is 2.39. The van der Waals surface area contributed by atoms with Gasteiger partial charge in [0, 0.05) is 11.1 Å². The number of halogens is 1. The van der Waals surface area contributed by atoms with Gasteiger partial charge in [0.05, 0.1) is 6.54 Å². The smallest absolute Gasteiger partial charge is 0.258 e. The molecule has 1 aromatic rings. The maximum Gasteiger partial charge on any atom is 0.258 e. The van der Waals surface area contributed by atoms with Gasteiger partial charge >= 0.3 is 0 Å². The molecule has 0 heterocycles. The summed E-state index contributed by atoms with van der Waals surface area (Å²) in [7, 11) is 0. The van der Waals surface area contributed by atoms with Crippen LogP contribution in [0.3, 0.4) is 0 Å². The molecule has 0 unspecified atom stereocenters. The van der Waals surface area contributed by atoms with Gasteiger partial charge in [-0.25, -0.2) is 0 Å². The molecule has 2 N–H and O–H groups in total. The van der Waals surface area contributed by atoms with Gasteiger partial charge < -0.3 is 15.4 Å². The Bertz CT molecular complexity index is 489. The SMILES string of the molecule is Cc1cc(Cl)ccc1OCC(=O)NCC(=O)NC(C)C. The number of nitrogens with one attached hydrogen (secondary N) is 2. The van der Waals surface area contributed by atoms with E-state index in [1.165, 1.54) is 0 Å². The molecule has 20 heavy (non-hydrogen) atoms. The maximum absolute atomic E-state index is 11.5. The van der Waals surface area contributed by atoms with Crippen molar-refractivity contribution in [1.82, 2.24) is 10.6 Å². The van der Waals surface area contributed by atoms with Crippen LogP contribution in [0, 0.1) is 6.92 Å². The molecule has 0 aliphatic heterocycles. The van der Waals surface area contributed by atoms with Crippen LogP contribution in [0.4, 0.5) is 0 Å². The van der Waals surface area contributed by atoms with Crippen molar-refractivity contribution < 1.29 is 14.3 Å². The fourth-order valence-electron chi connectivity index (χ4n) is 1.52. The molecule has 0 aromatic heterocycles. The van der Waals surface area contributed by atoms with Gasteiger partial charge in [-0.3, -0.25) is 9.59 Å². The van der Waals surface area contributed by atoms with E-state index in [1.807, 2.05) is 20.8 Å². The summed E-state index contributed by atoms with van der Waals surface area (Å²) in [5.74, 6) is 0.0189. The fourth-order valence-corrected chi connectivity index (χ4v) is 1.75. The summed E-state index contributed by atoms with van der Waals surface area (Å²) in [6.45, 7) is 5.35. The molecule has 0 saturated heterocycles. The Morgan fingerprint density at radius 2 is 2.00 bits per heavy atom. The molecular weight excluding hydrogens is 280 g/mol. The van der Waals surface area contributed by atoms with E-state index in [-0.39, 0.29) is 31.0 Å². The number of carbonyl (C=O) groups is 2. The lowest BCUT2D eigenvalue weighted by molar-refractivity contribution is -0.127. The van der Waals surface area contributed by atoms with E-state index in [0.717, 1.165) is 5.56 Å². The Balaban J connectivity index is 2.34. The van der Waals surface area contributed by atoms with E-state index in [4.69, 9.17) is 16.3 Å². The number of ether oxygens (including phenoxy) is 1. The second-order valence-electron chi connectivity index (χ2n) is 4.70. The summed E-state index contributed by atoms with van der Waals surface area (Å²) >= 11 is 5.83. The number of rotatable bonds is 6. The van der Waals surface area contributed by atoms with Crippen molar-refractivity contribution in [2.24, 2.45) is 0 Å². The van der Waals surface area contributed by atoms with Crippen molar-refractivity contribution >= 4 is 23.4 Å². The quantitative estimate of drug-likeness (QED) is 0.839. The van der Waals surface area contributed by atoms with E-state index < -0.39 is 0 Å². The molecule has 110 valence electrons. The number of hydrogen-bond acceptors (Lipinski definition) is 3. The fraction of sp³-hybridized carbons (Fsp3) is 0.429. The largest absolute Gasteiger partial charge is 0.484 e. The molecule has 0 aliphatic rings. The molecule has 0 radical (unpaired) electrons. The lowest BCUT2D eigenvalue weighted by Crippen LogP contribution is -2.41. The second-order valence-corrected chi connectivity index (χ2v) is 5.13. The van der Waals surface area contributed by atoms with Crippen molar-refractivity contribution in [3.63, 3.8) is 0 Å². The van der Waals surface area contributed by atoms with Crippen LogP contribution in [0.2, 0.25) is 5.02 Å². The monoisotopic (exact) mass is 298 g/mol. The molecule has 2 amide bonds. The average molecular weight is 299 g/mol. The Labute approximate surface area is 123 Å². The zero-order chi connectivity index (χ0) is 15.1. The normalized spacial score (nSPS) is 10.2. The average Bonchev–Trinajstić information content (AvgIpc) is 2.34. The molecule has 6 heteroatoms. The molecule has 0 fully saturated rings. The Morgan fingerprint density at radius 3 is 2.60 bits per heavy atom. The van der Waals surface area contributed by atoms with Gasteiger partial charge in [-0.05, 0) is 44.5 Å². The summed E-state index contributed by atoms with van der Waals surface area (Å²) in [5, 5.41) is 5.78. The van der Waals surface area contributed by atoms with E-state index in [0.29, 0.717) is 10.8 Å². The summed E-state index contributed by atoms with van der Waals surface area (Å²) in [5.41, 5.74) is 0.850. The van der Waals surface area contributed by atoms with Gasteiger partial charge in [0.1, 0.15) is 5.75 Å². The summed E-state index contributed by atoms with van der Waals surface area (Å²) in [6.07, 6.45) is 0. The first-order valence-electron chi connectivity index (χ1n) is 6.33. The number of benzene rings is 1. The van der Waals surface area contributed by atoms with Crippen LogP contribution < -0.4 is 15.4 Å². The molecular formula is C14H19ClN2O3. The summed E-state index contributed by atoms with van der Waals surface area (Å²) in [4.78, 5) is 22.9. The predicted molar refractivity (Wildman–Crippen MR) is 78.0 cm³/mol. The van der Waals surface area contributed by atoms with Gasteiger partial charge in [0.25, 0.3) is 5.91 Å². The third kappa shape index (κ3) is 5.93. The van der Waals surface area contributed by atoms with Crippen LogP contribution in [0.5, 0.6) is 5.75 Å². The van der Waals surface area contributed by atoms with Crippen molar-refractivity contribution in [3.8, 4) is 5.75 Å². The molecule has 5 nitrogen and oxygen atoms in total. The van der Waals surface area contributed by atoms with E-state index in [2.05, 4.69) is 10.6 Å². The highest BCUT2D eigenvalue weighted by atomic mass is 35.5. The minimum atomic E-state index is -0.349. The first kappa shape index (κ1) is 16.3. The lowest BCUT2D eigenvalue weighted by Gasteiger charge is -2.11. The highest BCUT2D eigenvalue weighted by Gasteiger charge is 2.08. The van der Waals surface area contributed by atoms with Crippen LogP contribution in [0.1, 0.15) is 19.4 Å². The minimum Gasteiger partial charge on any atom is -0.484 e. The van der Waals surface area contributed by atoms with Gasteiger partial charge in [-0.1, -0.05) is 11.6 Å². The van der Waals surface area contributed by atoms with Gasteiger partial charge in [0.2, 0.25) is 5.91 Å². The van der Waals surface area contributed by atoms with E-state index >= 15 is 0 Å². The van der Waals surface area contributed by atoms with Crippen LogP contribution in [0.15, 0.2) is 18.2 Å². The van der Waals surface area contributed by atoms with Crippen LogP contribution in [-0.4, -0.2) is 31.0 Å². The van der Waals surface area contributed by atoms with Crippen LogP contribution in [0.25, 0.3) is 0 Å². The lowest BCUT2D eigenvalue weighted by atomic mass is 10.2. The molecule has 1 aromatic carbocycles. The van der Waals surface area contributed by atoms with Crippen molar-refractivity contribution in [2.75, 3.05) is 13.2 Å². The van der Waals surface area contributed by atoms with Gasteiger partial charge in [-0.2, -0.15) is 0 Å². The van der Waals surface area contributed by atoms with E-state index in [1.54, 1.807) is 18.2 Å². The third-order valence-corrected chi connectivity index (χ3v) is 2.63. The molecule has 0 saturated carbocycles. The molecule has 0 spiro atoms. The second kappa shape index (κ2) is 7.75. The summed E-state index contributed by atoms with van der Waals surface area (Å²) < 4.78 is 5.36. The Hall–Kier alpha value is -1.75. The van der Waals surface area contributed by atoms with Crippen molar-refractivity contribution in [1.29, 1.82) is 0 Å². The van der Waals surface area contributed by atoms with Crippen LogP contribution in [-0.2, 0) is 9.59 Å². The number of carbonyl (C=O) groups excluding carboxylic acids is 2. The van der Waals surface area contributed by atoms with Gasteiger partial charge in [-0.15, -0.1) is 0 Å². The Morgan fingerprint density at radius 1 is 1.30 bits per heavy atom. The topological polar surface area (TPSA) is 67.4 Å². The zero-order valence-corrected chi connectivity index (χ0v) is 12.6. The maximum atomic E-state index is 11.5. The summed E-state index contributed by atoms with van der Waals surface area (Å²) in [6, 6.07) is 5.20. The van der Waals surface area contributed by atoms with Crippen molar-refractivity contribution in [3.05, 3.63) is 28.8 Å². The molecule has 0 bridgehead atoms. The number of hydrogen-bond donors (Lipinski definition) is 2. The predicted octanol–water partition coefficient (Wildman–Crippen LogP) is 1.67. The molecule has 0 aliphatic carbocycles. The van der Waals surface area contributed by atoms with Crippen LogP contribution >= 0.6 is 11.6 Å². The van der Waals surface area contributed by atoms with Crippen molar-refractivity contribution in [2.45, 2.75) is 26.8 Å². The first-order valence-corrected chi connectivity index (χ1v) is 6.71. The zero-order valence-electron chi connectivity index (χ0n) is 11.8. The Kier molecular flexibility index (Phi) is 6.31. The highest BCUT2D eigenvalue weighted by molar-refractivity contribution is 6.30. The number of amides is 2. The minimum absolute atomic E-state index is 0.0485.